The van der Waals surface area contributed by atoms with Gasteiger partial charge >= 0.3 is 0 Å². The summed E-state index contributed by atoms with van der Waals surface area (Å²) in [7, 11) is 0. The number of aromatic nitrogens is 1. The molecule has 116 valence electrons. The highest BCUT2D eigenvalue weighted by molar-refractivity contribution is 6.01. The van der Waals surface area contributed by atoms with Crippen LogP contribution in [0.5, 0.6) is 0 Å². The van der Waals surface area contributed by atoms with Crippen LogP contribution in [-0.4, -0.2) is 15.4 Å². The monoisotopic (exact) mass is 309 g/mol. The first-order valence-corrected chi connectivity index (χ1v) is 7.25. The molecule has 1 heterocycles. The zero-order valence-electron chi connectivity index (χ0n) is 12.5. The molecule has 0 saturated heterocycles. The van der Waals surface area contributed by atoms with Gasteiger partial charge in [0.1, 0.15) is 0 Å². The number of carbonyl (C=O) groups excluding carboxylic acids is 1. The molecule has 23 heavy (non-hydrogen) atoms. The summed E-state index contributed by atoms with van der Waals surface area (Å²) in [5, 5.41) is 14.8. The van der Waals surface area contributed by atoms with Crippen LogP contribution in [0, 0.1) is 10.1 Å². The van der Waals surface area contributed by atoms with Gasteiger partial charge in [-0.25, -0.2) is 0 Å². The number of non-ortho nitro benzene ring substituents is 1. The second kappa shape index (κ2) is 5.92. The fourth-order valence-electron chi connectivity index (χ4n) is 2.48. The second-order valence-electron chi connectivity index (χ2n) is 5.11. The molecular weight excluding hydrogens is 294 g/mol. The maximum absolute atomic E-state index is 12.1. The van der Waals surface area contributed by atoms with Gasteiger partial charge in [0.2, 0.25) is 5.91 Å². The van der Waals surface area contributed by atoms with E-state index >= 15 is 0 Å². The minimum atomic E-state index is -0.435. The summed E-state index contributed by atoms with van der Waals surface area (Å²) < 4.78 is 1.63. The van der Waals surface area contributed by atoms with E-state index in [1.54, 1.807) is 22.9 Å². The van der Waals surface area contributed by atoms with Gasteiger partial charge in [-0.3, -0.25) is 19.5 Å². The smallest absolute Gasteiger partial charge is 0.269 e. The Morgan fingerprint density at radius 2 is 1.87 bits per heavy atom. The molecule has 3 aromatic rings. The SMILES string of the molecule is CCC(=O)n1cc(Nc2ccc([N+](=O)[O-])cc2)c2ccccc21. The van der Waals surface area contributed by atoms with E-state index in [9.17, 15) is 14.9 Å². The lowest BCUT2D eigenvalue weighted by molar-refractivity contribution is -0.384. The molecule has 0 spiro atoms. The van der Waals surface area contributed by atoms with Gasteiger partial charge in [-0.15, -0.1) is 0 Å². The number of hydrogen-bond donors (Lipinski definition) is 1. The van der Waals surface area contributed by atoms with Crippen LogP contribution in [0.3, 0.4) is 0 Å². The molecule has 6 heteroatoms. The molecule has 0 amide bonds. The highest BCUT2D eigenvalue weighted by Gasteiger charge is 2.12. The van der Waals surface area contributed by atoms with Crippen molar-refractivity contribution in [1.29, 1.82) is 0 Å². The van der Waals surface area contributed by atoms with Gasteiger partial charge in [0.15, 0.2) is 0 Å². The van der Waals surface area contributed by atoms with E-state index in [1.807, 2.05) is 31.2 Å². The molecule has 0 fully saturated rings. The number of nitro benzene ring substituents is 1. The van der Waals surface area contributed by atoms with E-state index in [4.69, 9.17) is 0 Å². The Labute approximate surface area is 132 Å². The molecule has 6 nitrogen and oxygen atoms in total. The molecule has 2 aromatic carbocycles. The standard InChI is InChI=1S/C17H15N3O3/c1-2-17(21)19-11-15(14-5-3-4-6-16(14)19)18-12-7-9-13(10-8-12)20(22)23/h3-11,18H,2H2,1H3. The second-order valence-corrected chi connectivity index (χ2v) is 5.11. The number of benzene rings is 2. The van der Waals surface area contributed by atoms with E-state index in [0.29, 0.717) is 6.42 Å². The van der Waals surface area contributed by atoms with Gasteiger partial charge < -0.3 is 5.32 Å². The van der Waals surface area contributed by atoms with E-state index in [0.717, 1.165) is 22.3 Å². The molecule has 0 radical (unpaired) electrons. The largest absolute Gasteiger partial charge is 0.354 e. The number of rotatable bonds is 4. The summed E-state index contributed by atoms with van der Waals surface area (Å²) in [5.74, 6) is 0.0120. The van der Waals surface area contributed by atoms with Crippen molar-refractivity contribution < 1.29 is 9.72 Å². The van der Waals surface area contributed by atoms with Crippen molar-refractivity contribution in [2.24, 2.45) is 0 Å². The fourth-order valence-corrected chi connectivity index (χ4v) is 2.48. The normalized spacial score (nSPS) is 10.7. The molecule has 3 rings (SSSR count). The average Bonchev–Trinajstić information content (AvgIpc) is 2.93. The Hall–Kier alpha value is -3.15. The summed E-state index contributed by atoms with van der Waals surface area (Å²) in [6, 6.07) is 13.8. The summed E-state index contributed by atoms with van der Waals surface area (Å²) in [5.41, 5.74) is 2.39. The minimum Gasteiger partial charge on any atom is -0.354 e. The number of fused-ring (bicyclic) bond motifs is 1. The van der Waals surface area contributed by atoms with Crippen molar-refractivity contribution in [3.8, 4) is 0 Å². The van der Waals surface area contributed by atoms with Crippen LogP contribution in [0.4, 0.5) is 17.1 Å². The third-order valence-electron chi connectivity index (χ3n) is 3.64. The summed E-state index contributed by atoms with van der Waals surface area (Å²) in [6.45, 7) is 1.82. The number of para-hydroxylation sites is 1. The molecule has 0 aliphatic carbocycles. The minimum absolute atomic E-state index is 0.0120. The number of anilines is 2. The van der Waals surface area contributed by atoms with Crippen molar-refractivity contribution in [3.05, 3.63) is 64.8 Å². The van der Waals surface area contributed by atoms with Crippen LogP contribution >= 0.6 is 0 Å². The van der Waals surface area contributed by atoms with Gasteiger partial charge in [0.25, 0.3) is 5.69 Å². The molecular formula is C17H15N3O3. The van der Waals surface area contributed by atoms with Gasteiger partial charge in [-0.2, -0.15) is 0 Å². The number of hydrogen-bond acceptors (Lipinski definition) is 4. The first-order valence-electron chi connectivity index (χ1n) is 7.25. The van der Waals surface area contributed by atoms with Gasteiger partial charge in [-0.1, -0.05) is 25.1 Å². The number of nitrogens with zero attached hydrogens (tertiary/aromatic N) is 2. The Morgan fingerprint density at radius 3 is 2.52 bits per heavy atom. The summed E-state index contributed by atoms with van der Waals surface area (Å²) in [6.07, 6.45) is 2.17. The molecule has 0 unspecified atom stereocenters. The lowest BCUT2D eigenvalue weighted by atomic mass is 10.2. The highest BCUT2D eigenvalue weighted by Crippen LogP contribution is 2.29. The predicted molar refractivity (Wildman–Crippen MR) is 89.2 cm³/mol. The Morgan fingerprint density at radius 1 is 1.17 bits per heavy atom. The first-order chi connectivity index (χ1) is 11.1. The van der Waals surface area contributed by atoms with Gasteiger partial charge in [0, 0.05) is 35.8 Å². The van der Waals surface area contributed by atoms with Crippen LogP contribution in [-0.2, 0) is 0 Å². The lowest BCUT2D eigenvalue weighted by Gasteiger charge is -2.04. The third-order valence-corrected chi connectivity index (χ3v) is 3.64. The van der Waals surface area contributed by atoms with Crippen LogP contribution in [0.25, 0.3) is 10.9 Å². The van der Waals surface area contributed by atoms with Crippen molar-refractivity contribution in [3.63, 3.8) is 0 Å². The predicted octanol–water partition coefficient (Wildman–Crippen LogP) is 4.34. The molecule has 0 aliphatic rings. The molecule has 0 bridgehead atoms. The van der Waals surface area contributed by atoms with E-state index in [1.165, 1.54) is 12.1 Å². The Bertz CT molecular complexity index is 882. The molecule has 0 aliphatic heterocycles. The van der Waals surface area contributed by atoms with Crippen molar-refractivity contribution >= 4 is 33.9 Å². The summed E-state index contributed by atoms with van der Waals surface area (Å²) >= 11 is 0. The summed E-state index contributed by atoms with van der Waals surface area (Å²) in [4.78, 5) is 22.3. The maximum Gasteiger partial charge on any atom is 0.269 e. The Balaban J connectivity index is 1.99. The van der Waals surface area contributed by atoms with Crippen LogP contribution in [0.15, 0.2) is 54.7 Å². The fraction of sp³-hybridized carbons (Fsp3) is 0.118. The van der Waals surface area contributed by atoms with Crippen LogP contribution in [0.2, 0.25) is 0 Å². The maximum atomic E-state index is 12.1. The molecule has 1 N–H and O–H groups in total. The highest BCUT2D eigenvalue weighted by atomic mass is 16.6. The zero-order valence-corrected chi connectivity index (χ0v) is 12.5. The zero-order chi connectivity index (χ0) is 16.4. The van der Waals surface area contributed by atoms with E-state index < -0.39 is 4.92 Å². The number of nitrogens with one attached hydrogen (secondary N) is 1. The van der Waals surface area contributed by atoms with Gasteiger partial charge in [-0.05, 0) is 18.2 Å². The third kappa shape index (κ3) is 2.78. The Kier molecular flexibility index (Phi) is 3.80. The molecule has 0 saturated carbocycles. The first kappa shape index (κ1) is 14.8. The van der Waals surface area contributed by atoms with E-state index in [-0.39, 0.29) is 11.6 Å². The van der Waals surface area contributed by atoms with Crippen LogP contribution in [0.1, 0.15) is 18.1 Å². The van der Waals surface area contributed by atoms with Crippen molar-refractivity contribution in [2.75, 3.05) is 5.32 Å². The number of carbonyl (C=O) groups is 1. The quantitative estimate of drug-likeness (QED) is 0.574. The topological polar surface area (TPSA) is 77.2 Å². The van der Waals surface area contributed by atoms with Crippen molar-refractivity contribution in [2.45, 2.75) is 13.3 Å². The molecule has 0 atom stereocenters. The van der Waals surface area contributed by atoms with Crippen LogP contribution < -0.4 is 5.32 Å². The number of nitro groups is 1. The van der Waals surface area contributed by atoms with Gasteiger partial charge in [0.05, 0.1) is 16.1 Å². The average molecular weight is 309 g/mol. The van der Waals surface area contributed by atoms with E-state index in [2.05, 4.69) is 5.32 Å². The lowest BCUT2D eigenvalue weighted by Crippen LogP contribution is -2.06. The molecule has 1 aromatic heterocycles. The van der Waals surface area contributed by atoms with Crippen molar-refractivity contribution in [1.82, 2.24) is 4.57 Å².